The van der Waals surface area contributed by atoms with E-state index in [1.54, 1.807) is 0 Å². The lowest BCUT2D eigenvalue weighted by atomic mass is 9.99. The summed E-state index contributed by atoms with van der Waals surface area (Å²) in [6.07, 6.45) is 49.7. The van der Waals surface area contributed by atoms with E-state index in [-0.39, 0.29) is 25.7 Å². The molecule has 7 atom stereocenters. The molecule has 0 aromatic rings. The van der Waals surface area contributed by atoms with Crippen molar-refractivity contribution in [3.8, 4) is 0 Å². The third-order valence-electron chi connectivity index (χ3n) is 17.9. The smallest absolute Gasteiger partial charge is 0.462 e. The highest BCUT2D eigenvalue weighted by Crippen LogP contribution is 2.45. The molecule has 93 heavy (non-hydrogen) atoms. The van der Waals surface area contributed by atoms with Gasteiger partial charge in [0.25, 0.3) is 0 Å². The Bertz CT molecular complexity index is 1820. The highest BCUT2D eigenvalue weighted by molar-refractivity contribution is 7.47. The molecule has 0 radical (unpaired) electrons. The lowest BCUT2D eigenvalue weighted by Crippen LogP contribution is -2.30. The van der Waals surface area contributed by atoms with Crippen molar-refractivity contribution in [1.29, 1.82) is 0 Å². The Balaban J connectivity index is 5.27. The van der Waals surface area contributed by atoms with Gasteiger partial charge < -0.3 is 33.8 Å². The maximum Gasteiger partial charge on any atom is 0.472 e. The van der Waals surface area contributed by atoms with Crippen LogP contribution in [0.2, 0.25) is 0 Å². The van der Waals surface area contributed by atoms with Crippen LogP contribution in [0.4, 0.5) is 0 Å². The zero-order chi connectivity index (χ0) is 68.7. The van der Waals surface area contributed by atoms with Gasteiger partial charge in [-0.3, -0.25) is 37.3 Å². The van der Waals surface area contributed by atoms with E-state index in [0.717, 1.165) is 108 Å². The number of phosphoric acid groups is 2. The Hall–Kier alpha value is -1.94. The van der Waals surface area contributed by atoms with Crippen LogP contribution in [0.15, 0.2) is 0 Å². The summed E-state index contributed by atoms with van der Waals surface area (Å²) in [5, 5.41) is 10.6. The van der Waals surface area contributed by atoms with Crippen LogP contribution < -0.4 is 0 Å². The fourth-order valence-electron chi connectivity index (χ4n) is 11.2. The highest BCUT2D eigenvalue weighted by atomic mass is 31.2. The van der Waals surface area contributed by atoms with Gasteiger partial charge in [-0.2, -0.15) is 0 Å². The Morgan fingerprint density at radius 2 is 0.548 bits per heavy atom. The summed E-state index contributed by atoms with van der Waals surface area (Å²) in [5.74, 6) is 0.245. The third-order valence-corrected chi connectivity index (χ3v) is 19.8. The van der Waals surface area contributed by atoms with Gasteiger partial charge in [0.1, 0.15) is 19.3 Å². The number of carbonyl (C=O) groups is 4. The van der Waals surface area contributed by atoms with Crippen molar-refractivity contribution in [2.45, 2.75) is 394 Å². The topological polar surface area (TPSA) is 237 Å². The predicted molar refractivity (Wildman–Crippen MR) is 377 cm³/mol. The normalized spacial score (nSPS) is 14.7. The summed E-state index contributed by atoms with van der Waals surface area (Å²) in [5.41, 5.74) is 0. The number of rotatable bonds is 72. The summed E-state index contributed by atoms with van der Waals surface area (Å²) in [4.78, 5) is 72.7. The molecule has 0 fully saturated rings. The lowest BCUT2D eigenvalue weighted by molar-refractivity contribution is -0.161. The molecular formula is C74H144O17P2. The van der Waals surface area contributed by atoms with Crippen LogP contribution in [0, 0.1) is 17.8 Å². The molecule has 0 saturated heterocycles. The minimum Gasteiger partial charge on any atom is -0.462 e. The molecular weight excluding hydrogens is 1220 g/mol. The first-order valence-corrected chi connectivity index (χ1v) is 41.4. The SMILES string of the molecule is CCCCCCCCCCCCCC(=O)OC[C@H](COP(=O)(O)OC[C@H](O)COP(=O)(O)OC[C@@H](COC(=O)CCCCCCCCCCCCC(C)CC)OC(=O)CCCCCCCCCCCCCCCC(C)C)OC(=O)CCCCCCCCCCC(C)CC. The molecule has 0 spiro atoms. The van der Waals surface area contributed by atoms with Gasteiger partial charge in [-0.25, -0.2) is 9.13 Å². The van der Waals surface area contributed by atoms with Gasteiger partial charge in [-0.15, -0.1) is 0 Å². The van der Waals surface area contributed by atoms with Crippen molar-refractivity contribution in [2.24, 2.45) is 17.8 Å². The second kappa shape index (κ2) is 64.7. The number of aliphatic hydroxyl groups is 1. The number of hydrogen-bond donors (Lipinski definition) is 3. The fraction of sp³-hybridized carbons (Fsp3) is 0.946. The summed E-state index contributed by atoms with van der Waals surface area (Å²) < 4.78 is 68.5. The van der Waals surface area contributed by atoms with Crippen LogP contribution in [0.25, 0.3) is 0 Å². The van der Waals surface area contributed by atoms with Gasteiger partial charge in [-0.05, 0) is 43.4 Å². The number of carbonyl (C=O) groups excluding carboxylic acids is 4. The van der Waals surface area contributed by atoms with Crippen LogP contribution in [0.1, 0.15) is 376 Å². The first kappa shape index (κ1) is 91.1. The van der Waals surface area contributed by atoms with Crippen molar-refractivity contribution in [2.75, 3.05) is 39.6 Å². The highest BCUT2D eigenvalue weighted by Gasteiger charge is 2.30. The zero-order valence-corrected chi connectivity index (χ0v) is 62.5. The van der Waals surface area contributed by atoms with Crippen molar-refractivity contribution >= 4 is 39.5 Å². The molecule has 17 nitrogen and oxygen atoms in total. The molecule has 0 heterocycles. The number of phosphoric ester groups is 2. The molecule has 0 rings (SSSR count). The summed E-state index contributed by atoms with van der Waals surface area (Å²) in [7, 11) is -9.91. The second-order valence-electron chi connectivity index (χ2n) is 27.6. The molecule has 0 aliphatic carbocycles. The monoisotopic (exact) mass is 1370 g/mol. The zero-order valence-electron chi connectivity index (χ0n) is 60.7. The van der Waals surface area contributed by atoms with E-state index in [4.69, 9.17) is 37.0 Å². The minimum absolute atomic E-state index is 0.105. The number of unbranched alkanes of at least 4 members (excludes halogenated alkanes) is 38. The molecule has 4 unspecified atom stereocenters. The quantitative estimate of drug-likeness (QED) is 0.0222. The van der Waals surface area contributed by atoms with Gasteiger partial charge in [0.05, 0.1) is 26.4 Å². The molecule has 0 bridgehead atoms. The van der Waals surface area contributed by atoms with Crippen LogP contribution >= 0.6 is 15.6 Å². The lowest BCUT2D eigenvalue weighted by Gasteiger charge is -2.21. The average molecular weight is 1370 g/mol. The number of hydrogen-bond acceptors (Lipinski definition) is 15. The molecule has 3 N–H and O–H groups in total. The number of ether oxygens (including phenoxy) is 4. The predicted octanol–water partition coefficient (Wildman–Crippen LogP) is 21.4. The van der Waals surface area contributed by atoms with Gasteiger partial charge in [0.2, 0.25) is 0 Å². The van der Waals surface area contributed by atoms with Crippen LogP contribution in [0.3, 0.4) is 0 Å². The molecule has 0 aliphatic heterocycles. The Labute approximate surface area is 568 Å². The molecule has 0 aliphatic rings. The van der Waals surface area contributed by atoms with E-state index < -0.39 is 97.5 Å². The van der Waals surface area contributed by atoms with Crippen molar-refractivity contribution in [1.82, 2.24) is 0 Å². The molecule has 552 valence electrons. The fourth-order valence-corrected chi connectivity index (χ4v) is 12.8. The van der Waals surface area contributed by atoms with Crippen LogP contribution in [0.5, 0.6) is 0 Å². The number of esters is 4. The summed E-state index contributed by atoms with van der Waals surface area (Å²) in [6, 6.07) is 0. The Morgan fingerprint density at radius 3 is 0.817 bits per heavy atom. The van der Waals surface area contributed by atoms with Gasteiger partial charge in [0, 0.05) is 25.7 Å². The second-order valence-corrected chi connectivity index (χ2v) is 30.6. The first-order chi connectivity index (χ1) is 44.8. The Morgan fingerprint density at radius 1 is 0.312 bits per heavy atom. The minimum atomic E-state index is -4.96. The van der Waals surface area contributed by atoms with Crippen molar-refractivity contribution in [3.05, 3.63) is 0 Å². The van der Waals surface area contributed by atoms with E-state index in [2.05, 4.69) is 48.5 Å². The molecule has 0 aromatic heterocycles. The van der Waals surface area contributed by atoms with Gasteiger partial charge >= 0.3 is 39.5 Å². The van der Waals surface area contributed by atoms with Gasteiger partial charge in [-0.1, -0.05) is 325 Å². The maximum atomic E-state index is 13.1. The number of aliphatic hydroxyl groups excluding tert-OH is 1. The summed E-state index contributed by atoms with van der Waals surface area (Å²) in [6.45, 7) is 11.9. The first-order valence-electron chi connectivity index (χ1n) is 38.4. The molecule has 0 aromatic carbocycles. The Kier molecular flexibility index (Phi) is 63.4. The van der Waals surface area contributed by atoms with Crippen LogP contribution in [-0.4, -0.2) is 96.7 Å². The molecule has 0 saturated carbocycles. The largest absolute Gasteiger partial charge is 0.472 e. The molecule has 19 heteroatoms. The van der Waals surface area contributed by atoms with Crippen molar-refractivity contribution < 1.29 is 80.2 Å². The van der Waals surface area contributed by atoms with E-state index in [1.165, 1.54) is 186 Å². The van der Waals surface area contributed by atoms with E-state index in [0.29, 0.717) is 25.7 Å². The average Bonchev–Trinajstić information content (AvgIpc) is 2.34. The standard InChI is InChI=1S/C74H144O17P2/c1-8-11-12-13-14-15-19-26-34-41-48-55-71(76)84-62-70(91-74(79)58-51-44-37-30-29-33-40-47-54-67(7)10-3)64-89-93(82,83)87-60-68(75)59-86-92(80,81)88-63-69(61-85-72(77)56-49-42-35-27-23-22-25-32-39-46-53-66(6)9-2)90-73(78)57-50-43-36-28-21-18-16-17-20-24-31-38-45-52-65(4)5/h65-70,75H,8-64H2,1-7H3,(H,80,81)(H,82,83)/t66?,67?,68-,69-,70-/m1/s1. The van der Waals surface area contributed by atoms with Crippen molar-refractivity contribution in [3.63, 3.8) is 0 Å². The van der Waals surface area contributed by atoms with Gasteiger partial charge in [0.15, 0.2) is 12.2 Å². The summed E-state index contributed by atoms with van der Waals surface area (Å²) >= 11 is 0. The third kappa shape index (κ3) is 65.8. The molecule has 0 amide bonds. The van der Waals surface area contributed by atoms with Crippen LogP contribution in [-0.2, 0) is 65.4 Å². The van der Waals surface area contributed by atoms with E-state index >= 15 is 0 Å². The maximum absolute atomic E-state index is 13.1. The van der Waals surface area contributed by atoms with E-state index in [9.17, 15) is 43.2 Å². The van der Waals surface area contributed by atoms with E-state index in [1.807, 2.05) is 0 Å².